The summed E-state index contributed by atoms with van der Waals surface area (Å²) in [6.45, 7) is 1.34. The quantitative estimate of drug-likeness (QED) is 0.909. The molecule has 0 unspecified atom stereocenters. The maximum Gasteiger partial charge on any atom is 0.256 e. The molecular formula is C16H21ClN2O2. The van der Waals surface area contributed by atoms with Crippen LogP contribution in [-0.2, 0) is 14.9 Å². The lowest BCUT2D eigenvalue weighted by atomic mass is 9.99. The van der Waals surface area contributed by atoms with Gasteiger partial charge in [0, 0.05) is 24.2 Å². The molecule has 1 amide bonds. The van der Waals surface area contributed by atoms with Crippen LogP contribution in [0.4, 0.5) is 5.69 Å². The lowest BCUT2D eigenvalue weighted by Crippen LogP contribution is -2.40. The molecule has 4 rings (SSSR count). The Bertz CT molecular complexity index is 559. The van der Waals surface area contributed by atoms with Gasteiger partial charge in [-0.05, 0) is 37.3 Å². The summed E-state index contributed by atoms with van der Waals surface area (Å²) in [6.07, 6.45) is 3.84. The van der Waals surface area contributed by atoms with Crippen LogP contribution in [0.5, 0.6) is 0 Å². The number of nitrogens with zero attached hydrogens (tertiary/aromatic N) is 1. The average Bonchev–Trinajstić information content (AvgIpc) is 2.98. The average molecular weight is 309 g/mol. The van der Waals surface area contributed by atoms with Crippen LogP contribution < -0.4 is 10.6 Å². The number of ether oxygens (including phenoxy) is 1. The standard InChI is InChI=1S/C16H20N2O2.ClH/c17-9-11-5-6-14(20-11)15(19)18-10-16(7-8-16)12-3-1-2-4-13(12)18;/h1-4,11,14H,5-10,17H2;1H/t11-,14+;/m1./s1. The normalized spacial score (nSPS) is 28.3. The molecule has 4 nitrogen and oxygen atoms in total. The van der Waals surface area contributed by atoms with E-state index in [0.717, 1.165) is 25.1 Å². The molecule has 1 spiro atoms. The van der Waals surface area contributed by atoms with E-state index in [4.69, 9.17) is 10.5 Å². The third-order valence-corrected chi connectivity index (χ3v) is 4.99. The van der Waals surface area contributed by atoms with Crippen LogP contribution >= 0.6 is 12.4 Å². The number of rotatable bonds is 2. The van der Waals surface area contributed by atoms with E-state index in [1.165, 1.54) is 18.4 Å². The third-order valence-electron chi connectivity index (χ3n) is 4.99. The molecule has 0 aromatic heterocycles. The number of para-hydroxylation sites is 1. The van der Waals surface area contributed by atoms with Crippen molar-refractivity contribution in [3.05, 3.63) is 29.8 Å². The van der Waals surface area contributed by atoms with Gasteiger partial charge in [0.15, 0.2) is 0 Å². The second kappa shape index (κ2) is 5.27. The van der Waals surface area contributed by atoms with Gasteiger partial charge in [0.1, 0.15) is 6.10 Å². The van der Waals surface area contributed by atoms with E-state index < -0.39 is 0 Å². The van der Waals surface area contributed by atoms with E-state index in [9.17, 15) is 4.79 Å². The van der Waals surface area contributed by atoms with Crippen molar-refractivity contribution in [1.82, 2.24) is 0 Å². The van der Waals surface area contributed by atoms with E-state index in [1.54, 1.807) is 0 Å². The molecule has 2 atom stereocenters. The van der Waals surface area contributed by atoms with Crippen LogP contribution in [0, 0.1) is 0 Å². The van der Waals surface area contributed by atoms with Crippen LogP contribution in [0.3, 0.4) is 0 Å². The van der Waals surface area contributed by atoms with Crippen molar-refractivity contribution >= 4 is 24.0 Å². The molecule has 1 aromatic rings. The first kappa shape index (κ1) is 14.8. The molecule has 2 N–H and O–H groups in total. The van der Waals surface area contributed by atoms with Crippen molar-refractivity contribution in [3.63, 3.8) is 0 Å². The summed E-state index contributed by atoms with van der Waals surface area (Å²) < 4.78 is 5.77. The number of carbonyl (C=O) groups excluding carboxylic acids is 1. The van der Waals surface area contributed by atoms with Crippen molar-refractivity contribution in [1.29, 1.82) is 0 Å². The van der Waals surface area contributed by atoms with Crippen LogP contribution in [0.2, 0.25) is 0 Å². The Kier molecular flexibility index (Phi) is 3.72. The molecular weight excluding hydrogens is 288 g/mol. The summed E-state index contributed by atoms with van der Waals surface area (Å²) in [5.41, 5.74) is 8.32. The molecule has 2 heterocycles. The Hall–Kier alpha value is -1.10. The molecule has 0 radical (unpaired) electrons. The van der Waals surface area contributed by atoms with Crippen LogP contribution in [0.1, 0.15) is 31.2 Å². The van der Waals surface area contributed by atoms with E-state index in [-0.39, 0.29) is 35.9 Å². The van der Waals surface area contributed by atoms with Gasteiger partial charge in [-0.1, -0.05) is 18.2 Å². The monoisotopic (exact) mass is 308 g/mol. The summed E-state index contributed by atoms with van der Waals surface area (Å²) in [7, 11) is 0. The summed E-state index contributed by atoms with van der Waals surface area (Å²) in [5, 5.41) is 0. The van der Waals surface area contributed by atoms with Gasteiger partial charge < -0.3 is 15.4 Å². The number of anilines is 1. The summed E-state index contributed by atoms with van der Waals surface area (Å²) in [5.74, 6) is 0.122. The number of halogens is 1. The van der Waals surface area contributed by atoms with Gasteiger partial charge in [0.25, 0.3) is 5.91 Å². The first-order chi connectivity index (χ1) is 9.73. The van der Waals surface area contributed by atoms with Gasteiger partial charge in [0.2, 0.25) is 0 Å². The Morgan fingerprint density at radius 2 is 2.10 bits per heavy atom. The third kappa shape index (κ3) is 2.26. The first-order valence-electron chi connectivity index (χ1n) is 7.50. The maximum absolute atomic E-state index is 12.7. The van der Waals surface area contributed by atoms with Gasteiger partial charge in [-0.3, -0.25) is 4.79 Å². The SMILES string of the molecule is Cl.NC[C@H]1CC[C@@H](C(=O)N2CC3(CC3)c3ccccc32)O1. The molecule has 5 heteroatoms. The van der Waals surface area contributed by atoms with Gasteiger partial charge in [-0.15, -0.1) is 12.4 Å². The van der Waals surface area contributed by atoms with Gasteiger partial charge in [0.05, 0.1) is 6.10 Å². The molecule has 1 aromatic carbocycles. The highest BCUT2D eigenvalue weighted by molar-refractivity contribution is 5.99. The number of carbonyl (C=O) groups is 1. The maximum atomic E-state index is 12.7. The number of amides is 1. The zero-order valence-corrected chi connectivity index (χ0v) is 12.8. The largest absolute Gasteiger partial charge is 0.364 e. The van der Waals surface area contributed by atoms with Gasteiger partial charge >= 0.3 is 0 Å². The highest BCUT2D eigenvalue weighted by Gasteiger charge is 2.53. The van der Waals surface area contributed by atoms with E-state index >= 15 is 0 Å². The van der Waals surface area contributed by atoms with Crippen molar-refractivity contribution < 1.29 is 9.53 Å². The smallest absolute Gasteiger partial charge is 0.256 e. The molecule has 0 bridgehead atoms. The van der Waals surface area contributed by atoms with Gasteiger partial charge in [-0.25, -0.2) is 0 Å². The lowest BCUT2D eigenvalue weighted by Gasteiger charge is -2.22. The van der Waals surface area contributed by atoms with Crippen molar-refractivity contribution in [2.24, 2.45) is 5.73 Å². The fourth-order valence-electron chi connectivity index (χ4n) is 3.64. The predicted molar refractivity (Wildman–Crippen MR) is 83.9 cm³/mol. The molecule has 21 heavy (non-hydrogen) atoms. The first-order valence-corrected chi connectivity index (χ1v) is 7.50. The molecule has 114 valence electrons. The van der Waals surface area contributed by atoms with Crippen molar-refractivity contribution in [3.8, 4) is 0 Å². The minimum absolute atomic E-state index is 0. The summed E-state index contributed by atoms with van der Waals surface area (Å²) >= 11 is 0. The fraction of sp³-hybridized carbons (Fsp3) is 0.562. The van der Waals surface area contributed by atoms with Crippen LogP contribution in [0.15, 0.2) is 24.3 Å². The van der Waals surface area contributed by atoms with Gasteiger partial charge in [-0.2, -0.15) is 0 Å². The number of hydrogen-bond acceptors (Lipinski definition) is 3. The number of benzene rings is 1. The van der Waals surface area contributed by atoms with Crippen molar-refractivity contribution in [2.75, 3.05) is 18.0 Å². The number of nitrogens with two attached hydrogens (primary N) is 1. The second-order valence-electron chi connectivity index (χ2n) is 6.28. The summed E-state index contributed by atoms with van der Waals surface area (Å²) in [4.78, 5) is 14.7. The van der Waals surface area contributed by atoms with E-state index in [1.807, 2.05) is 11.0 Å². The van der Waals surface area contributed by atoms with Crippen LogP contribution in [0.25, 0.3) is 0 Å². The molecule has 1 aliphatic carbocycles. The molecule has 1 saturated heterocycles. The lowest BCUT2D eigenvalue weighted by molar-refractivity contribution is -0.129. The molecule has 2 fully saturated rings. The topological polar surface area (TPSA) is 55.6 Å². The summed E-state index contributed by atoms with van der Waals surface area (Å²) in [6, 6.07) is 8.32. The molecule has 1 saturated carbocycles. The predicted octanol–water partition coefficient (Wildman–Crippen LogP) is 1.99. The number of hydrogen-bond donors (Lipinski definition) is 1. The van der Waals surface area contributed by atoms with Crippen molar-refractivity contribution in [2.45, 2.75) is 43.3 Å². The number of fused-ring (bicyclic) bond motifs is 2. The highest BCUT2D eigenvalue weighted by atomic mass is 35.5. The van der Waals surface area contributed by atoms with E-state index in [0.29, 0.717) is 6.54 Å². The molecule has 2 aliphatic heterocycles. The Balaban J connectivity index is 0.00000132. The Labute approximate surface area is 131 Å². The Morgan fingerprint density at radius 1 is 1.33 bits per heavy atom. The Morgan fingerprint density at radius 3 is 2.76 bits per heavy atom. The zero-order chi connectivity index (χ0) is 13.7. The minimum atomic E-state index is -0.300. The second-order valence-corrected chi connectivity index (χ2v) is 6.28. The minimum Gasteiger partial charge on any atom is -0.364 e. The molecule has 3 aliphatic rings. The highest BCUT2D eigenvalue weighted by Crippen LogP contribution is 2.56. The fourth-order valence-corrected chi connectivity index (χ4v) is 3.64. The zero-order valence-electron chi connectivity index (χ0n) is 12.0. The van der Waals surface area contributed by atoms with Crippen LogP contribution in [-0.4, -0.2) is 31.2 Å². The van der Waals surface area contributed by atoms with E-state index in [2.05, 4.69) is 18.2 Å².